The number of alkyl halides is 1. The molecule has 0 spiro atoms. The molecule has 0 bridgehead atoms. The first-order valence-electron chi connectivity index (χ1n) is 33.0. The standard InChI is InChI=1S/2C19H23BO3.C13H18BBrO2.C13H13BO3.C6H6O.C4H8O.C2H4O2.Cs.FH.IO4.H3N.Na/c2*1-18(2)19(3,4)23-20(22-18)16-12-10-15(11-13-16)14-21-17-8-6-5-7-9-17;1-12(2)13(3,4)17-14(16-12)11-7-5-10(9-15)6-8-11;15-14(16)12-8-6-11(7-9-12)10-17-13-4-2-1-3-5-13;7-6-4-2-1-3-5-6;1-2-4-5-3-1;1-2(3)4;;;2-1(3,4)5;;/h2*5-13H,14H2,1-4H3;5-8H,9H2,1-4H3;1-9,15-16H,10H2;1-5,7H;1-4H2;1H3,(H,3,4);;1H;;1H3;/q;;;;;;;+1;;-1;;+1/p-1. The second-order valence-corrected chi connectivity index (χ2v) is 29.3. The first-order chi connectivity index (χ1) is 47.5. The molecule has 20 nitrogen and oxygen atoms in total. The van der Waals surface area contributed by atoms with E-state index in [2.05, 4.69) is 148 Å². The van der Waals surface area contributed by atoms with Crippen molar-refractivity contribution in [1.29, 1.82) is 0 Å². The summed E-state index contributed by atoms with van der Waals surface area (Å²) in [7, 11) is -2.31. The molecule has 0 unspecified atom stereocenters. The molecule has 0 aromatic heterocycles. The van der Waals surface area contributed by atoms with Crippen molar-refractivity contribution in [2.75, 3.05) is 13.2 Å². The number of halogens is 3. The smallest absolute Gasteiger partial charge is 1.00 e. The van der Waals surface area contributed by atoms with Crippen LogP contribution in [-0.4, -0.2) is 102 Å². The van der Waals surface area contributed by atoms with Gasteiger partial charge in [0.15, 0.2) is 0 Å². The first-order valence-corrected chi connectivity index (χ1v) is 37.6. The molecule has 0 aliphatic carbocycles. The number of hydrogen-bond acceptors (Lipinski definition) is 19. The molecule has 0 atom stereocenters. The summed E-state index contributed by atoms with van der Waals surface area (Å²) in [5.74, 6) is 2.06. The Bertz CT molecular complexity index is 3460. The van der Waals surface area contributed by atoms with Crippen LogP contribution in [0, 0.1) is 0 Å². The Kier molecular flexibility index (Phi) is 45.6. The minimum atomic E-state index is -5.94. The number of hydrogen-bond donors (Lipinski definition) is 5. The maximum absolute atomic E-state index is 9.00. The molecule has 8 aromatic rings. The van der Waals surface area contributed by atoms with Crippen LogP contribution in [0.2, 0.25) is 0 Å². The first kappa shape index (κ1) is 99.3. The third-order valence-electron chi connectivity index (χ3n) is 17.0. The predicted octanol–water partition coefficient (Wildman–Crippen LogP) is -3.34. The minimum absolute atomic E-state index is 0. The number of rotatable bonds is 14. The number of phenols is 1. The molecule has 0 radical (unpaired) electrons. The number of para-hydroxylation sites is 4. The molecule has 7 N–H and O–H groups in total. The Hall–Kier alpha value is -3.68. The molecule has 29 heteroatoms. The second kappa shape index (κ2) is 48.2. The van der Waals surface area contributed by atoms with E-state index < -0.39 is 33.2 Å². The number of carbonyl (C=O) groups is 1. The third kappa shape index (κ3) is 36.4. The van der Waals surface area contributed by atoms with Gasteiger partial charge in [0.05, 0.1) is 33.6 Å². The van der Waals surface area contributed by atoms with Gasteiger partial charge in [-0.1, -0.05) is 186 Å². The summed E-state index contributed by atoms with van der Waals surface area (Å²) in [6.07, 6.45) is 2.56. The van der Waals surface area contributed by atoms with Crippen molar-refractivity contribution >= 4 is 72.2 Å². The molecule has 0 saturated carbocycles. The summed E-state index contributed by atoms with van der Waals surface area (Å²) in [6.45, 7) is 29.4. The van der Waals surface area contributed by atoms with Crippen LogP contribution in [0.3, 0.4) is 0 Å². The largest absolute Gasteiger partial charge is 1.00 e. The van der Waals surface area contributed by atoms with E-state index in [0.29, 0.717) is 31.0 Å². The molecule has 12 rings (SSSR count). The van der Waals surface area contributed by atoms with Crippen LogP contribution in [-0.2, 0) is 62.6 Å². The maximum Gasteiger partial charge on any atom is 1.00 e. The van der Waals surface area contributed by atoms with Crippen molar-refractivity contribution in [2.24, 2.45) is 0 Å². The number of carboxylic acids is 1. The summed E-state index contributed by atoms with van der Waals surface area (Å²) >= 11 is -2.50. The number of phenolic OH excluding ortho intramolecular Hbond substituents is 1. The van der Waals surface area contributed by atoms with Crippen molar-refractivity contribution in [3.05, 3.63) is 241 Å². The molecular weight excluding hydrogens is 1660 g/mol. The SMILES string of the molecule is C1CCOC1.CC(=O)O.CC1(C)OB(c2ccc(CBr)cc2)OC1(C)C.CC1(C)OB(c2ccc(COc3ccccc3)cc2)OC1(C)C.CC1(C)OB(c2ccc(COc3ccccc3)cc2)OC1(C)C.N.OB(O)c1ccc(COc2ccccc2)cc1.Oc1ccccc1.[Cs+].[F-].[Na+].[O-][I+3]([O-])([O-])[O-]. The number of aromatic hydroxyl groups is 1. The van der Waals surface area contributed by atoms with Gasteiger partial charge in [-0.15, -0.1) is 0 Å². The molecule has 4 fully saturated rings. The molecule has 4 aliphatic heterocycles. The zero-order valence-electron chi connectivity index (χ0n) is 63.0. The van der Waals surface area contributed by atoms with Gasteiger partial charge in [0.25, 0.3) is 5.97 Å². The number of aliphatic carboxylic acids is 1. The van der Waals surface area contributed by atoms with E-state index in [1.54, 1.807) is 36.4 Å². The number of ether oxygens (including phenoxy) is 4. The van der Waals surface area contributed by atoms with E-state index in [-0.39, 0.29) is 164 Å². The molecule has 0 amide bonds. The van der Waals surface area contributed by atoms with Gasteiger partial charge in [-0.2, -0.15) is 0 Å². The molecule has 556 valence electrons. The molecule has 8 aromatic carbocycles. The van der Waals surface area contributed by atoms with Crippen LogP contribution in [0.25, 0.3) is 0 Å². The fourth-order valence-electron chi connectivity index (χ4n) is 9.02. The average Bonchev–Trinajstić information content (AvgIpc) is 1.64. The van der Waals surface area contributed by atoms with E-state index in [9.17, 15) is 0 Å². The molecular formula is C76H98B4BrCsFINNaO19. The summed E-state index contributed by atoms with van der Waals surface area (Å²) in [6, 6.07) is 69.7. The Balaban J connectivity index is 0.000000635. The topological polar surface area (TPSA) is 318 Å². The van der Waals surface area contributed by atoms with E-state index in [1.807, 2.05) is 133 Å². The van der Waals surface area contributed by atoms with E-state index >= 15 is 0 Å². The van der Waals surface area contributed by atoms with E-state index in [0.717, 1.165) is 75.8 Å². The van der Waals surface area contributed by atoms with Gasteiger partial charge in [-0.25, -0.2) is 0 Å². The Labute approximate surface area is 717 Å². The monoisotopic (exact) mass is 1750 g/mol. The van der Waals surface area contributed by atoms with E-state index in [4.69, 9.17) is 85.7 Å². The minimum Gasteiger partial charge on any atom is -1.00 e. The predicted molar refractivity (Wildman–Crippen MR) is 394 cm³/mol. The van der Waals surface area contributed by atoms with Gasteiger partial charge in [-0.3, -0.25) is 18.5 Å². The number of benzene rings is 8. The molecule has 4 aliphatic rings. The van der Waals surface area contributed by atoms with Crippen molar-refractivity contribution < 1.29 is 209 Å². The van der Waals surface area contributed by atoms with Crippen LogP contribution in [0.15, 0.2) is 218 Å². The van der Waals surface area contributed by atoms with Crippen LogP contribution < -0.4 is 179 Å². The molecule has 4 saturated heterocycles. The van der Waals surface area contributed by atoms with Gasteiger partial charge in [-0.05, 0) is 189 Å². The van der Waals surface area contributed by atoms with E-state index in [1.165, 1.54) is 18.4 Å². The van der Waals surface area contributed by atoms with Crippen LogP contribution in [0.5, 0.6) is 23.0 Å². The van der Waals surface area contributed by atoms with Crippen molar-refractivity contribution in [3.8, 4) is 23.0 Å². The van der Waals surface area contributed by atoms with Gasteiger partial charge < -0.3 is 78.0 Å². The normalized spacial score (nSPS) is 15.9. The quantitative estimate of drug-likeness (QED) is 0.0404. The third-order valence-corrected chi connectivity index (χ3v) is 17.6. The summed E-state index contributed by atoms with van der Waals surface area (Å²) in [5, 5.41) is 34.8. The Morgan fingerprint density at radius 2 is 0.667 bits per heavy atom. The van der Waals surface area contributed by atoms with Crippen molar-refractivity contribution in [2.45, 2.75) is 162 Å². The number of carboxylic acid groups (broad SMARTS) is 1. The average molecular weight is 1750 g/mol. The van der Waals surface area contributed by atoms with Gasteiger partial charge >= 0.3 is 127 Å². The summed E-state index contributed by atoms with van der Waals surface area (Å²) < 4.78 is 92.7. The van der Waals surface area contributed by atoms with Gasteiger partial charge in [0.2, 0.25) is 0 Å². The van der Waals surface area contributed by atoms with Crippen molar-refractivity contribution in [3.63, 3.8) is 0 Å². The Morgan fingerprint density at radius 3 is 0.857 bits per heavy atom. The molecule has 4 heterocycles. The van der Waals surface area contributed by atoms with Crippen LogP contribution >= 0.6 is 15.9 Å². The van der Waals surface area contributed by atoms with Crippen LogP contribution in [0.4, 0.5) is 0 Å². The Morgan fingerprint density at radius 1 is 0.448 bits per heavy atom. The zero-order valence-corrected chi connectivity index (χ0v) is 75.0. The maximum atomic E-state index is 9.00. The van der Waals surface area contributed by atoms with Crippen molar-refractivity contribution in [1.82, 2.24) is 6.15 Å². The summed E-state index contributed by atoms with van der Waals surface area (Å²) in [4.78, 5) is 9.00. The zero-order chi connectivity index (χ0) is 74.5. The van der Waals surface area contributed by atoms with Crippen LogP contribution in [0.1, 0.15) is 125 Å². The second-order valence-electron chi connectivity index (χ2n) is 26.6. The molecule has 105 heavy (non-hydrogen) atoms. The van der Waals surface area contributed by atoms with Gasteiger partial charge in [0, 0.05) is 25.5 Å². The summed E-state index contributed by atoms with van der Waals surface area (Å²) in [5.41, 5.74) is 6.31. The fourth-order valence-corrected chi connectivity index (χ4v) is 9.39. The van der Waals surface area contributed by atoms with Gasteiger partial charge in [0.1, 0.15) is 62.9 Å². The fraction of sp³-hybridized carbons (Fsp3) is 0.355.